The fourth-order valence-corrected chi connectivity index (χ4v) is 1.64. The topological polar surface area (TPSA) is 32.8 Å². The SMILES string of the molecule is C1=CCC=C1.C1=CCC=C1.Cc1c(O)ccc2c1O2. The Morgan fingerprint density at radius 2 is 1.42 bits per heavy atom. The van der Waals surface area contributed by atoms with Crippen LogP contribution in [-0.2, 0) is 0 Å². The van der Waals surface area contributed by atoms with E-state index < -0.39 is 0 Å². The van der Waals surface area contributed by atoms with Crippen LogP contribution in [0.4, 0.5) is 0 Å². The third-order valence-electron chi connectivity index (χ3n) is 2.82. The Morgan fingerprint density at radius 1 is 0.895 bits per heavy atom. The van der Waals surface area contributed by atoms with Crippen LogP contribution in [0.25, 0.3) is 0 Å². The van der Waals surface area contributed by atoms with Gasteiger partial charge < -0.3 is 9.84 Å². The van der Waals surface area contributed by atoms with Crippen molar-refractivity contribution in [2.45, 2.75) is 19.8 Å². The highest BCUT2D eigenvalue weighted by Gasteiger charge is 2.23. The van der Waals surface area contributed by atoms with Crippen LogP contribution in [0, 0.1) is 6.92 Å². The average Bonchev–Trinajstić information content (AvgIpc) is 2.94. The number of hydrogen-bond acceptors (Lipinski definition) is 2. The second-order valence-corrected chi connectivity index (χ2v) is 4.32. The van der Waals surface area contributed by atoms with Gasteiger partial charge in [-0.15, -0.1) is 0 Å². The van der Waals surface area contributed by atoms with Crippen molar-refractivity contribution in [1.82, 2.24) is 0 Å². The summed E-state index contributed by atoms with van der Waals surface area (Å²) < 4.78 is 4.99. The highest BCUT2D eigenvalue weighted by molar-refractivity contribution is 5.62. The van der Waals surface area contributed by atoms with E-state index in [1.165, 1.54) is 0 Å². The Hall–Kier alpha value is -2.22. The molecule has 98 valence electrons. The normalized spacial score (nSPS) is 15.0. The zero-order chi connectivity index (χ0) is 13.5. The Kier molecular flexibility index (Phi) is 4.62. The minimum Gasteiger partial charge on any atom is -0.508 e. The van der Waals surface area contributed by atoms with Crippen LogP contribution in [0.3, 0.4) is 0 Å². The molecule has 19 heavy (non-hydrogen) atoms. The Balaban J connectivity index is 0.000000114. The molecule has 0 atom stereocenters. The molecule has 0 radical (unpaired) electrons. The maximum atomic E-state index is 9.05. The molecule has 0 spiro atoms. The summed E-state index contributed by atoms with van der Waals surface area (Å²) >= 11 is 0. The van der Waals surface area contributed by atoms with Gasteiger partial charge in [0, 0.05) is 5.56 Å². The summed E-state index contributed by atoms with van der Waals surface area (Å²) in [4.78, 5) is 0. The Bertz CT molecular complexity index is 503. The van der Waals surface area contributed by atoms with Crippen molar-refractivity contribution in [3.8, 4) is 17.2 Å². The fourth-order valence-electron chi connectivity index (χ4n) is 1.64. The number of benzene rings is 1. The second-order valence-electron chi connectivity index (χ2n) is 4.32. The lowest BCUT2D eigenvalue weighted by atomic mass is 10.2. The van der Waals surface area contributed by atoms with E-state index in [-0.39, 0.29) is 0 Å². The molecule has 1 aromatic carbocycles. The maximum Gasteiger partial charge on any atom is 0.176 e. The molecule has 0 saturated heterocycles. The van der Waals surface area contributed by atoms with E-state index in [9.17, 15) is 0 Å². The van der Waals surface area contributed by atoms with Gasteiger partial charge >= 0.3 is 0 Å². The predicted molar refractivity (Wildman–Crippen MR) is 78.7 cm³/mol. The zero-order valence-electron chi connectivity index (χ0n) is 11.0. The van der Waals surface area contributed by atoms with Crippen molar-refractivity contribution < 1.29 is 9.84 Å². The van der Waals surface area contributed by atoms with Crippen LogP contribution in [0.1, 0.15) is 18.4 Å². The highest BCUT2D eigenvalue weighted by atomic mass is 16.6. The number of hydrogen-bond donors (Lipinski definition) is 1. The molecule has 4 rings (SSSR count). The van der Waals surface area contributed by atoms with Crippen LogP contribution in [0.5, 0.6) is 17.2 Å². The number of phenolic OH excluding ortho intramolecular Hbond substituents is 1. The molecule has 2 aliphatic carbocycles. The van der Waals surface area contributed by atoms with Crippen molar-refractivity contribution in [1.29, 1.82) is 0 Å². The minimum atomic E-state index is 0.311. The van der Waals surface area contributed by atoms with Gasteiger partial charge in [-0.2, -0.15) is 0 Å². The fraction of sp³-hybridized carbons (Fsp3) is 0.176. The van der Waals surface area contributed by atoms with Gasteiger partial charge in [0.25, 0.3) is 0 Å². The first-order valence-electron chi connectivity index (χ1n) is 6.43. The van der Waals surface area contributed by atoms with Crippen molar-refractivity contribution in [2.24, 2.45) is 0 Å². The first-order chi connectivity index (χ1) is 9.29. The number of allylic oxidation sites excluding steroid dienone is 8. The summed E-state index contributed by atoms with van der Waals surface area (Å²) in [6.45, 7) is 1.83. The van der Waals surface area contributed by atoms with E-state index in [1.54, 1.807) is 12.1 Å². The smallest absolute Gasteiger partial charge is 0.176 e. The molecule has 1 aromatic rings. The van der Waals surface area contributed by atoms with E-state index in [0.29, 0.717) is 5.75 Å². The molecular formula is C17H18O2. The Morgan fingerprint density at radius 3 is 1.79 bits per heavy atom. The summed E-state index contributed by atoms with van der Waals surface area (Å²) in [5.74, 6) is 2.05. The van der Waals surface area contributed by atoms with E-state index in [0.717, 1.165) is 29.9 Å². The zero-order valence-corrected chi connectivity index (χ0v) is 11.0. The van der Waals surface area contributed by atoms with Crippen molar-refractivity contribution >= 4 is 0 Å². The number of ether oxygens (including phenoxy) is 1. The van der Waals surface area contributed by atoms with Crippen molar-refractivity contribution in [3.63, 3.8) is 0 Å². The van der Waals surface area contributed by atoms with Crippen LogP contribution in [-0.4, -0.2) is 5.11 Å². The van der Waals surface area contributed by atoms with Gasteiger partial charge in [0.1, 0.15) is 5.75 Å². The third-order valence-corrected chi connectivity index (χ3v) is 2.82. The van der Waals surface area contributed by atoms with Crippen LogP contribution in [0.15, 0.2) is 60.7 Å². The van der Waals surface area contributed by atoms with Gasteiger partial charge in [0.05, 0.1) is 0 Å². The third kappa shape index (κ3) is 4.18. The van der Waals surface area contributed by atoms with Gasteiger partial charge in [-0.1, -0.05) is 48.6 Å². The van der Waals surface area contributed by atoms with E-state index >= 15 is 0 Å². The number of aromatic hydroxyl groups is 1. The first kappa shape index (κ1) is 13.2. The lowest BCUT2D eigenvalue weighted by Gasteiger charge is -1.88. The molecule has 0 fully saturated rings. The molecule has 2 nitrogen and oxygen atoms in total. The predicted octanol–water partition coefficient (Wildman–Crippen LogP) is 4.81. The van der Waals surface area contributed by atoms with Crippen LogP contribution < -0.4 is 4.74 Å². The van der Waals surface area contributed by atoms with E-state index in [2.05, 4.69) is 48.6 Å². The summed E-state index contributed by atoms with van der Waals surface area (Å²) in [6, 6.07) is 3.40. The lowest BCUT2D eigenvalue weighted by molar-refractivity contribution is 0.471. The number of phenols is 1. The summed E-state index contributed by atoms with van der Waals surface area (Å²) in [7, 11) is 0. The molecule has 0 bridgehead atoms. The molecule has 1 N–H and O–H groups in total. The molecule has 0 saturated carbocycles. The second kappa shape index (κ2) is 6.64. The largest absolute Gasteiger partial charge is 0.508 e. The molecule has 0 unspecified atom stereocenters. The molecule has 1 aliphatic heterocycles. The van der Waals surface area contributed by atoms with Gasteiger partial charge in [0.2, 0.25) is 0 Å². The molecular weight excluding hydrogens is 236 g/mol. The van der Waals surface area contributed by atoms with Crippen molar-refractivity contribution in [3.05, 3.63) is 66.3 Å². The average molecular weight is 254 g/mol. The van der Waals surface area contributed by atoms with Crippen LogP contribution >= 0.6 is 0 Å². The van der Waals surface area contributed by atoms with Gasteiger partial charge in [0.15, 0.2) is 11.5 Å². The molecule has 2 heteroatoms. The number of fused-ring (bicyclic) bond motifs is 1. The quantitative estimate of drug-likeness (QED) is 0.684. The van der Waals surface area contributed by atoms with Crippen LogP contribution in [0.2, 0.25) is 0 Å². The lowest BCUT2D eigenvalue weighted by Crippen LogP contribution is -1.64. The van der Waals surface area contributed by atoms with Gasteiger partial charge in [-0.25, -0.2) is 0 Å². The van der Waals surface area contributed by atoms with Gasteiger partial charge in [-0.05, 0) is 31.9 Å². The molecule has 1 heterocycles. The monoisotopic (exact) mass is 254 g/mol. The highest BCUT2D eigenvalue weighted by Crippen LogP contribution is 2.50. The Labute approximate surface area is 114 Å². The first-order valence-corrected chi connectivity index (χ1v) is 6.43. The summed E-state index contributed by atoms with van der Waals surface area (Å²) in [6.07, 6.45) is 19.0. The number of rotatable bonds is 0. The maximum absolute atomic E-state index is 9.05. The van der Waals surface area contributed by atoms with E-state index in [4.69, 9.17) is 9.84 Å². The summed E-state index contributed by atoms with van der Waals surface area (Å²) in [5, 5.41) is 9.05. The summed E-state index contributed by atoms with van der Waals surface area (Å²) in [5.41, 5.74) is 0.840. The standard InChI is InChI=1S/C7H6O2.2C5H6/c1-4-5(8)2-3-6-7(4)9-6;2*1-2-4-5-3-1/h2-3,8H,1H3;2*1-4H,5H2. The molecule has 0 amide bonds. The van der Waals surface area contributed by atoms with E-state index in [1.807, 2.05) is 6.92 Å². The minimum absolute atomic E-state index is 0.311. The van der Waals surface area contributed by atoms with Gasteiger partial charge in [-0.3, -0.25) is 0 Å². The molecule has 0 aromatic heterocycles. The molecule has 3 aliphatic rings. The van der Waals surface area contributed by atoms with Crippen molar-refractivity contribution in [2.75, 3.05) is 0 Å².